The fraction of sp³-hybridized carbons (Fsp3) is 0.261. The summed E-state index contributed by atoms with van der Waals surface area (Å²) in [5, 5.41) is 7.26. The van der Waals surface area contributed by atoms with Gasteiger partial charge in [-0.05, 0) is 29.8 Å². The first kappa shape index (κ1) is 21.9. The van der Waals surface area contributed by atoms with E-state index in [1.165, 1.54) is 16.7 Å². The van der Waals surface area contributed by atoms with Crippen LogP contribution >= 0.6 is 23.2 Å². The van der Waals surface area contributed by atoms with E-state index in [0.29, 0.717) is 21.7 Å². The minimum Gasteiger partial charge on any atom is -0.455 e. The number of benzene rings is 2. The van der Waals surface area contributed by atoms with E-state index in [0.717, 1.165) is 38.4 Å². The van der Waals surface area contributed by atoms with Crippen molar-refractivity contribution in [1.82, 2.24) is 20.2 Å². The quantitative estimate of drug-likeness (QED) is 0.567. The number of piperazine rings is 1. The molecule has 170 valence electrons. The minimum atomic E-state index is -0.324. The van der Waals surface area contributed by atoms with Gasteiger partial charge in [-0.3, -0.25) is 14.6 Å². The van der Waals surface area contributed by atoms with Gasteiger partial charge in [-0.2, -0.15) is 4.98 Å². The third kappa shape index (κ3) is 4.74. The van der Waals surface area contributed by atoms with Gasteiger partial charge in [-0.15, -0.1) is 0 Å². The van der Waals surface area contributed by atoms with E-state index in [2.05, 4.69) is 37.6 Å². The van der Waals surface area contributed by atoms with Gasteiger partial charge in [0, 0.05) is 44.6 Å². The molecule has 2 aromatic carbocycles. The van der Waals surface area contributed by atoms with Gasteiger partial charge >= 0.3 is 0 Å². The van der Waals surface area contributed by atoms with Crippen LogP contribution in [0.1, 0.15) is 15.9 Å². The molecular formula is C23H22Cl2N6O2. The fourth-order valence-corrected chi connectivity index (χ4v) is 4.48. The number of carbonyl (C=O) groups is 1. The smallest absolute Gasteiger partial charge is 0.268 e. The Morgan fingerprint density at radius 1 is 1.06 bits per heavy atom. The van der Waals surface area contributed by atoms with Crippen molar-refractivity contribution >= 4 is 46.4 Å². The van der Waals surface area contributed by atoms with Crippen molar-refractivity contribution < 1.29 is 9.53 Å². The highest BCUT2D eigenvalue weighted by Gasteiger charge is 2.31. The summed E-state index contributed by atoms with van der Waals surface area (Å²) in [7, 11) is 0. The second kappa shape index (κ2) is 9.52. The number of fused-ring (bicyclic) bond motifs is 1. The Morgan fingerprint density at radius 2 is 1.79 bits per heavy atom. The largest absolute Gasteiger partial charge is 0.455 e. The van der Waals surface area contributed by atoms with Crippen LogP contribution in [0.15, 0.2) is 48.7 Å². The van der Waals surface area contributed by atoms with Crippen LogP contribution in [0.4, 0.5) is 17.3 Å². The number of nitrogens with zero attached hydrogens (tertiary/aromatic N) is 4. The van der Waals surface area contributed by atoms with Gasteiger partial charge in [0.15, 0.2) is 6.73 Å². The maximum atomic E-state index is 13.0. The number of carbonyl (C=O) groups excluding carboxylic acids is 1. The summed E-state index contributed by atoms with van der Waals surface area (Å²) in [6.45, 7) is 5.06. The lowest BCUT2D eigenvalue weighted by Crippen LogP contribution is -2.42. The van der Waals surface area contributed by atoms with Gasteiger partial charge in [0.05, 0.1) is 15.7 Å². The molecule has 0 saturated carbocycles. The van der Waals surface area contributed by atoms with Crippen LogP contribution in [0.5, 0.6) is 5.88 Å². The second-order valence-corrected chi connectivity index (χ2v) is 8.65. The molecule has 10 heteroatoms. The summed E-state index contributed by atoms with van der Waals surface area (Å²) in [5.41, 5.74) is 2.75. The van der Waals surface area contributed by atoms with Gasteiger partial charge in [0.1, 0.15) is 5.56 Å². The number of anilines is 3. The lowest BCUT2D eigenvalue weighted by atomic mass is 10.2. The van der Waals surface area contributed by atoms with Crippen LogP contribution in [0, 0.1) is 0 Å². The first-order chi connectivity index (χ1) is 16.1. The molecule has 0 radical (unpaired) electrons. The molecule has 0 atom stereocenters. The number of para-hydroxylation sites is 1. The third-order valence-electron chi connectivity index (χ3n) is 5.59. The van der Waals surface area contributed by atoms with Gasteiger partial charge in [0.25, 0.3) is 5.91 Å². The van der Waals surface area contributed by atoms with Crippen molar-refractivity contribution in [2.24, 2.45) is 0 Å². The van der Waals surface area contributed by atoms with E-state index in [-0.39, 0.29) is 24.1 Å². The van der Waals surface area contributed by atoms with Crippen molar-refractivity contribution in [2.75, 3.05) is 43.1 Å². The topological polar surface area (TPSA) is 82.6 Å². The first-order valence-corrected chi connectivity index (χ1v) is 11.4. The number of nitrogens with one attached hydrogen (secondary N) is 2. The molecule has 2 N–H and O–H groups in total. The average molecular weight is 485 g/mol. The molecule has 0 unspecified atom stereocenters. The van der Waals surface area contributed by atoms with Crippen molar-refractivity contribution in [1.29, 1.82) is 0 Å². The summed E-state index contributed by atoms with van der Waals surface area (Å²) in [6.07, 6.45) is 1.45. The van der Waals surface area contributed by atoms with E-state index in [9.17, 15) is 4.79 Å². The highest BCUT2D eigenvalue weighted by molar-refractivity contribution is 6.40. The second-order valence-electron chi connectivity index (χ2n) is 7.84. The molecule has 8 nitrogen and oxygen atoms in total. The number of halogens is 2. The molecular weight excluding hydrogens is 463 g/mol. The molecule has 0 spiro atoms. The van der Waals surface area contributed by atoms with Crippen LogP contribution < -0.4 is 20.3 Å². The van der Waals surface area contributed by atoms with Crippen molar-refractivity contribution in [2.45, 2.75) is 6.54 Å². The van der Waals surface area contributed by atoms with E-state index in [4.69, 9.17) is 27.9 Å². The van der Waals surface area contributed by atoms with Crippen molar-refractivity contribution in [3.63, 3.8) is 0 Å². The Balaban J connectivity index is 1.28. The van der Waals surface area contributed by atoms with Gasteiger partial charge < -0.3 is 15.4 Å². The maximum absolute atomic E-state index is 13.0. The normalized spacial score (nSPS) is 16.3. The zero-order valence-electron chi connectivity index (χ0n) is 17.7. The van der Waals surface area contributed by atoms with Crippen LogP contribution in [-0.2, 0) is 6.54 Å². The number of hydrogen-bond acceptors (Lipinski definition) is 7. The molecule has 0 aliphatic carbocycles. The molecule has 3 heterocycles. The lowest BCUT2D eigenvalue weighted by Gasteiger charge is -2.29. The molecule has 2 aliphatic heterocycles. The van der Waals surface area contributed by atoms with Gasteiger partial charge in [0.2, 0.25) is 11.8 Å². The molecule has 1 saturated heterocycles. The van der Waals surface area contributed by atoms with E-state index >= 15 is 0 Å². The molecule has 3 aromatic rings. The van der Waals surface area contributed by atoms with Gasteiger partial charge in [-0.1, -0.05) is 41.4 Å². The summed E-state index contributed by atoms with van der Waals surface area (Å²) >= 11 is 12.5. The summed E-state index contributed by atoms with van der Waals surface area (Å²) in [5.74, 6) is 0.239. The standard InChI is InChI=1S/C23H22Cl2N6O2/c24-18-2-1-3-19(25)20(18)31-14-33-21-17(22(31)32)12-27-23(29-21)28-16-6-4-15(5-7-16)13-30-10-8-26-9-11-30/h1-7,12,26H,8-11,13-14H2,(H,27,28,29). The number of rotatable bonds is 5. The third-order valence-corrected chi connectivity index (χ3v) is 6.20. The maximum Gasteiger partial charge on any atom is 0.268 e. The minimum absolute atomic E-state index is 0.0491. The van der Waals surface area contributed by atoms with Crippen molar-refractivity contribution in [3.05, 3.63) is 69.8 Å². The highest BCUT2D eigenvalue weighted by atomic mass is 35.5. The Labute approximate surface area is 201 Å². The number of aromatic nitrogens is 2. The lowest BCUT2D eigenvalue weighted by molar-refractivity contribution is 0.0932. The Hall–Kier alpha value is -2.91. The number of amides is 1. The summed E-state index contributed by atoms with van der Waals surface area (Å²) < 4.78 is 5.74. The Kier molecular flexibility index (Phi) is 6.32. The summed E-state index contributed by atoms with van der Waals surface area (Å²) in [6, 6.07) is 13.2. The zero-order valence-corrected chi connectivity index (χ0v) is 19.2. The Bertz CT molecular complexity index is 1150. The first-order valence-electron chi connectivity index (χ1n) is 10.6. The number of hydrogen-bond donors (Lipinski definition) is 2. The molecule has 2 aliphatic rings. The van der Waals surface area contributed by atoms with E-state index in [1.807, 2.05) is 12.1 Å². The van der Waals surface area contributed by atoms with Crippen molar-refractivity contribution in [3.8, 4) is 5.88 Å². The monoisotopic (exact) mass is 484 g/mol. The molecule has 1 fully saturated rings. The number of ether oxygens (including phenoxy) is 1. The van der Waals surface area contributed by atoms with Crippen LogP contribution in [0.3, 0.4) is 0 Å². The molecule has 5 rings (SSSR count). The zero-order chi connectivity index (χ0) is 22.8. The predicted molar refractivity (Wildman–Crippen MR) is 129 cm³/mol. The summed E-state index contributed by atoms with van der Waals surface area (Å²) in [4.78, 5) is 25.5. The van der Waals surface area contributed by atoms with Crippen LogP contribution in [0.25, 0.3) is 0 Å². The highest BCUT2D eigenvalue weighted by Crippen LogP contribution is 2.37. The van der Waals surface area contributed by atoms with Crippen LogP contribution in [-0.4, -0.2) is 53.7 Å². The molecule has 0 bridgehead atoms. The van der Waals surface area contributed by atoms with E-state index < -0.39 is 0 Å². The van der Waals surface area contributed by atoms with E-state index in [1.54, 1.807) is 18.2 Å². The van der Waals surface area contributed by atoms with Gasteiger partial charge in [-0.25, -0.2) is 4.98 Å². The molecule has 1 amide bonds. The molecule has 33 heavy (non-hydrogen) atoms. The molecule has 1 aromatic heterocycles. The SMILES string of the molecule is O=C1c2cnc(Nc3ccc(CN4CCNCC4)cc3)nc2OCN1c1c(Cl)cccc1Cl. The Morgan fingerprint density at radius 3 is 2.52 bits per heavy atom. The average Bonchev–Trinajstić information content (AvgIpc) is 2.82. The van der Waals surface area contributed by atoms with Crippen LogP contribution in [0.2, 0.25) is 10.0 Å². The fourth-order valence-electron chi connectivity index (χ4n) is 3.88. The predicted octanol–water partition coefficient (Wildman–Crippen LogP) is 3.93.